The quantitative estimate of drug-likeness (QED) is 0.472. The summed E-state index contributed by atoms with van der Waals surface area (Å²) in [6.45, 7) is 5.50. The van der Waals surface area contributed by atoms with Crippen LogP contribution in [0, 0.1) is 0 Å². The molecule has 1 aromatic rings. The largest absolute Gasteiger partial charge is 0.457 e. The summed E-state index contributed by atoms with van der Waals surface area (Å²) in [4.78, 5) is 11.4. The van der Waals surface area contributed by atoms with Gasteiger partial charge in [0, 0.05) is 11.8 Å². The van der Waals surface area contributed by atoms with Crippen LogP contribution >= 0.6 is 0 Å². The number of rotatable bonds is 2. The molecule has 3 heteroatoms. The molecule has 1 aromatic carbocycles. The molecule has 0 saturated heterocycles. The van der Waals surface area contributed by atoms with Crippen molar-refractivity contribution in [3.8, 4) is 0 Å². The van der Waals surface area contributed by atoms with Crippen molar-refractivity contribution in [2.75, 3.05) is 5.73 Å². The second-order valence-corrected chi connectivity index (χ2v) is 4.54. The predicted molar refractivity (Wildman–Crippen MR) is 65.7 cm³/mol. The third-order valence-corrected chi connectivity index (χ3v) is 1.73. The third-order valence-electron chi connectivity index (χ3n) is 1.73. The highest BCUT2D eigenvalue weighted by molar-refractivity contribution is 5.87. The summed E-state index contributed by atoms with van der Waals surface area (Å²) in [7, 11) is 0. The molecule has 0 aromatic heterocycles. The standard InChI is InChI=1S/C13H17NO2/c1-13(2,3)16-12(15)8-7-10-5-4-6-11(14)9-10/h4-9H,14H2,1-3H3. The zero-order chi connectivity index (χ0) is 12.2. The number of carbonyl (C=O) groups is 1. The summed E-state index contributed by atoms with van der Waals surface area (Å²) in [6.07, 6.45) is 3.09. The van der Waals surface area contributed by atoms with Crippen LogP contribution in [0.15, 0.2) is 30.3 Å². The first-order valence-electron chi connectivity index (χ1n) is 5.13. The number of benzene rings is 1. The highest BCUT2D eigenvalue weighted by atomic mass is 16.6. The van der Waals surface area contributed by atoms with Crippen molar-refractivity contribution >= 4 is 17.7 Å². The van der Waals surface area contributed by atoms with E-state index in [-0.39, 0.29) is 5.97 Å². The van der Waals surface area contributed by atoms with Gasteiger partial charge < -0.3 is 10.5 Å². The Balaban J connectivity index is 2.64. The molecule has 0 aliphatic rings. The molecule has 0 spiro atoms. The van der Waals surface area contributed by atoms with Gasteiger partial charge in [-0.2, -0.15) is 0 Å². The highest BCUT2D eigenvalue weighted by Gasteiger charge is 2.13. The Morgan fingerprint density at radius 2 is 2.06 bits per heavy atom. The van der Waals surface area contributed by atoms with E-state index in [4.69, 9.17) is 10.5 Å². The number of nitrogen functional groups attached to an aromatic ring is 1. The highest BCUT2D eigenvalue weighted by Crippen LogP contribution is 2.10. The van der Waals surface area contributed by atoms with Crippen LogP contribution in [0.2, 0.25) is 0 Å². The lowest BCUT2D eigenvalue weighted by molar-refractivity contribution is -0.148. The maximum Gasteiger partial charge on any atom is 0.331 e. The molecule has 0 unspecified atom stereocenters. The fourth-order valence-electron chi connectivity index (χ4n) is 1.16. The lowest BCUT2D eigenvalue weighted by Gasteiger charge is -2.17. The van der Waals surface area contributed by atoms with Crippen molar-refractivity contribution in [1.29, 1.82) is 0 Å². The normalized spacial score (nSPS) is 11.7. The topological polar surface area (TPSA) is 52.3 Å². The first-order chi connectivity index (χ1) is 7.37. The summed E-state index contributed by atoms with van der Waals surface area (Å²) >= 11 is 0. The lowest BCUT2D eigenvalue weighted by Crippen LogP contribution is -2.22. The molecule has 16 heavy (non-hydrogen) atoms. The second kappa shape index (κ2) is 4.84. The molecule has 0 amide bonds. The van der Waals surface area contributed by atoms with E-state index < -0.39 is 5.60 Å². The number of hydrogen-bond acceptors (Lipinski definition) is 3. The van der Waals surface area contributed by atoms with Crippen molar-refractivity contribution in [1.82, 2.24) is 0 Å². The molecule has 0 saturated carbocycles. The van der Waals surface area contributed by atoms with Crippen molar-refractivity contribution in [2.45, 2.75) is 26.4 Å². The molecule has 1 rings (SSSR count). The van der Waals surface area contributed by atoms with Crippen molar-refractivity contribution in [2.24, 2.45) is 0 Å². The van der Waals surface area contributed by atoms with Crippen molar-refractivity contribution in [3.63, 3.8) is 0 Å². The average Bonchev–Trinajstić information content (AvgIpc) is 2.12. The molecule has 0 atom stereocenters. The van der Waals surface area contributed by atoms with Gasteiger partial charge in [0.05, 0.1) is 0 Å². The molecule has 2 N–H and O–H groups in total. The van der Waals surface area contributed by atoms with Gasteiger partial charge >= 0.3 is 5.97 Å². The van der Waals surface area contributed by atoms with Gasteiger partial charge in [0.25, 0.3) is 0 Å². The summed E-state index contributed by atoms with van der Waals surface area (Å²) < 4.78 is 5.13. The number of carbonyl (C=O) groups excluding carboxylic acids is 1. The van der Waals surface area contributed by atoms with E-state index in [0.29, 0.717) is 5.69 Å². The van der Waals surface area contributed by atoms with Crippen molar-refractivity contribution in [3.05, 3.63) is 35.9 Å². The minimum Gasteiger partial charge on any atom is -0.457 e. The van der Waals surface area contributed by atoms with Crippen LogP contribution in [0.25, 0.3) is 6.08 Å². The third kappa shape index (κ3) is 4.64. The van der Waals surface area contributed by atoms with Crippen LogP contribution in [-0.4, -0.2) is 11.6 Å². The fourth-order valence-corrected chi connectivity index (χ4v) is 1.16. The molecule has 3 nitrogen and oxygen atoms in total. The fraction of sp³-hybridized carbons (Fsp3) is 0.308. The smallest absolute Gasteiger partial charge is 0.331 e. The van der Waals surface area contributed by atoms with E-state index in [1.54, 1.807) is 18.2 Å². The SMILES string of the molecule is CC(C)(C)OC(=O)C=Cc1cccc(N)c1. The molecule has 86 valence electrons. The summed E-state index contributed by atoms with van der Waals surface area (Å²) in [5, 5.41) is 0. The molecule has 0 radical (unpaired) electrons. The Morgan fingerprint density at radius 3 is 2.62 bits per heavy atom. The minimum absolute atomic E-state index is 0.352. The van der Waals surface area contributed by atoms with Gasteiger partial charge in [-0.3, -0.25) is 0 Å². The average molecular weight is 219 g/mol. The molecule has 0 aliphatic heterocycles. The zero-order valence-corrected chi connectivity index (χ0v) is 9.86. The minimum atomic E-state index is -0.461. The van der Waals surface area contributed by atoms with E-state index in [1.165, 1.54) is 6.08 Å². The van der Waals surface area contributed by atoms with Gasteiger partial charge in [-0.05, 0) is 44.5 Å². The van der Waals surface area contributed by atoms with E-state index >= 15 is 0 Å². The summed E-state index contributed by atoms with van der Waals surface area (Å²) in [6, 6.07) is 7.30. The Labute approximate surface area is 95.9 Å². The van der Waals surface area contributed by atoms with E-state index in [0.717, 1.165) is 5.56 Å². The van der Waals surface area contributed by atoms with Gasteiger partial charge in [-0.25, -0.2) is 4.79 Å². The van der Waals surface area contributed by atoms with Gasteiger partial charge in [0.1, 0.15) is 5.60 Å². The van der Waals surface area contributed by atoms with E-state index in [1.807, 2.05) is 32.9 Å². The lowest BCUT2D eigenvalue weighted by atomic mass is 10.2. The number of nitrogens with two attached hydrogens (primary N) is 1. The van der Waals surface area contributed by atoms with Crippen LogP contribution in [-0.2, 0) is 9.53 Å². The second-order valence-electron chi connectivity index (χ2n) is 4.54. The van der Waals surface area contributed by atoms with Crippen molar-refractivity contribution < 1.29 is 9.53 Å². The predicted octanol–water partition coefficient (Wildman–Crippen LogP) is 2.62. The molecule has 0 heterocycles. The maximum absolute atomic E-state index is 11.4. The van der Waals surface area contributed by atoms with Gasteiger partial charge in [0.15, 0.2) is 0 Å². The summed E-state index contributed by atoms with van der Waals surface area (Å²) in [5.41, 5.74) is 6.71. The monoisotopic (exact) mass is 219 g/mol. The Morgan fingerprint density at radius 1 is 1.38 bits per heavy atom. The Bertz CT molecular complexity index is 403. The van der Waals surface area contributed by atoms with E-state index in [9.17, 15) is 4.79 Å². The number of esters is 1. The molecule has 0 fully saturated rings. The number of hydrogen-bond donors (Lipinski definition) is 1. The zero-order valence-electron chi connectivity index (χ0n) is 9.86. The van der Waals surface area contributed by atoms with Gasteiger partial charge in [-0.15, -0.1) is 0 Å². The van der Waals surface area contributed by atoms with Crippen LogP contribution in [0.4, 0.5) is 5.69 Å². The summed E-state index contributed by atoms with van der Waals surface area (Å²) in [5.74, 6) is -0.352. The molecule has 0 aliphatic carbocycles. The maximum atomic E-state index is 11.4. The van der Waals surface area contributed by atoms with E-state index in [2.05, 4.69) is 0 Å². The molecular weight excluding hydrogens is 202 g/mol. The van der Waals surface area contributed by atoms with Crippen LogP contribution < -0.4 is 5.73 Å². The van der Waals surface area contributed by atoms with Gasteiger partial charge in [-0.1, -0.05) is 12.1 Å². The van der Waals surface area contributed by atoms with Crippen LogP contribution in [0.3, 0.4) is 0 Å². The number of ether oxygens (including phenoxy) is 1. The first kappa shape index (κ1) is 12.3. The Kier molecular flexibility index (Phi) is 3.72. The van der Waals surface area contributed by atoms with Crippen LogP contribution in [0.1, 0.15) is 26.3 Å². The van der Waals surface area contributed by atoms with Gasteiger partial charge in [0.2, 0.25) is 0 Å². The first-order valence-corrected chi connectivity index (χ1v) is 5.13. The molecule has 0 bridgehead atoms. The Hall–Kier alpha value is -1.77. The van der Waals surface area contributed by atoms with Crippen LogP contribution in [0.5, 0.6) is 0 Å². The molecular formula is C13H17NO2. The number of anilines is 1.